The Morgan fingerprint density at radius 3 is 2.07 bits per heavy atom. The molecule has 2 N–H and O–H groups in total. The van der Waals surface area contributed by atoms with Crippen molar-refractivity contribution in [3.63, 3.8) is 0 Å². The van der Waals surface area contributed by atoms with E-state index >= 15 is 0 Å². The molecule has 0 spiro atoms. The van der Waals surface area contributed by atoms with Crippen LogP contribution in [0.3, 0.4) is 0 Å². The summed E-state index contributed by atoms with van der Waals surface area (Å²) in [6.45, 7) is 1.74. The van der Waals surface area contributed by atoms with Gasteiger partial charge in [-0.25, -0.2) is 0 Å². The first-order valence-corrected chi connectivity index (χ1v) is 4.63. The van der Waals surface area contributed by atoms with Crippen molar-refractivity contribution in [2.24, 2.45) is 5.41 Å². The fourth-order valence-electron chi connectivity index (χ4n) is 2.11. The number of aliphatic hydroxyl groups is 1. The summed E-state index contributed by atoms with van der Waals surface area (Å²) in [5.74, 6) is -1.06. The molecule has 5 nitrogen and oxygen atoms in total. The average Bonchev–Trinajstić information content (AvgIpc) is 2.77. The fourth-order valence-corrected chi connectivity index (χ4v) is 2.11. The maximum absolute atomic E-state index is 10.9. The molecule has 0 aromatic rings. The summed E-state index contributed by atoms with van der Waals surface area (Å²) in [5.41, 5.74) is -2.16. The van der Waals surface area contributed by atoms with E-state index in [0.717, 1.165) is 0 Å². The molecule has 0 bridgehead atoms. The minimum atomic E-state index is -1.19. The Labute approximate surface area is 81.3 Å². The van der Waals surface area contributed by atoms with Crippen LogP contribution < -0.4 is 0 Å². The highest BCUT2D eigenvalue weighted by atomic mass is 16.4. The largest absolute Gasteiger partial charge is 0.481 e. The van der Waals surface area contributed by atoms with Crippen molar-refractivity contribution < 1.29 is 19.8 Å². The molecule has 1 aliphatic heterocycles. The number of nitrogens with zero attached hydrogens (tertiary/aromatic N) is 1. The van der Waals surface area contributed by atoms with Gasteiger partial charge in [-0.15, -0.1) is 0 Å². The predicted octanol–water partition coefficient (Wildman–Crippen LogP) is -0.556. The van der Waals surface area contributed by atoms with E-state index in [0.29, 0.717) is 12.8 Å². The van der Waals surface area contributed by atoms with E-state index in [1.807, 2.05) is 0 Å². The van der Waals surface area contributed by atoms with Gasteiger partial charge < -0.3 is 15.1 Å². The van der Waals surface area contributed by atoms with Crippen LogP contribution >= 0.6 is 0 Å². The normalized spacial score (nSPS) is 26.6. The number of β-amino-alcohol motifs (C(OH)–C–C–N with tert-alkyl or cyclic N) is 1. The Kier molecular flexibility index (Phi) is 1.67. The number of rotatable bonds is 2. The lowest BCUT2D eigenvalue weighted by Crippen LogP contribution is -2.68. The van der Waals surface area contributed by atoms with Crippen molar-refractivity contribution in [1.29, 1.82) is 0 Å². The molecule has 1 heterocycles. The van der Waals surface area contributed by atoms with Gasteiger partial charge in [-0.3, -0.25) is 9.59 Å². The highest BCUT2D eigenvalue weighted by molar-refractivity contribution is 5.82. The van der Waals surface area contributed by atoms with E-state index < -0.39 is 17.0 Å². The quantitative estimate of drug-likeness (QED) is 0.625. The van der Waals surface area contributed by atoms with E-state index in [4.69, 9.17) is 5.11 Å². The van der Waals surface area contributed by atoms with Crippen LogP contribution in [0, 0.1) is 5.41 Å². The Morgan fingerprint density at radius 2 is 1.79 bits per heavy atom. The van der Waals surface area contributed by atoms with Gasteiger partial charge in [-0.2, -0.15) is 0 Å². The highest BCUT2D eigenvalue weighted by Crippen LogP contribution is 2.57. The zero-order chi connectivity index (χ0) is 10.6. The highest BCUT2D eigenvalue weighted by Gasteiger charge is 2.68. The monoisotopic (exact) mass is 199 g/mol. The Balaban J connectivity index is 2.08. The van der Waals surface area contributed by atoms with E-state index in [2.05, 4.69) is 0 Å². The third-order valence-corrected chi connectivity index (χ3v) is 3.40. The summed E-state index contributed by atoms with van der Waals surface area (Å²) in [7, 11) is 0. The van der Waals surface area contributed by atoms with Crippen molar-refractivity contribution >= 4 is 11.9 Å². The molecule has 2 aliphatic rings. The van der Waals surface area contributed by atoms with Gasteiger partial charge in [-0.05, 0) is 12.8 Å². The fraction of sp³-hybridized carbons (Fsp3) is 0.778. The second kappa shape index (κ2) is 2.48. The van der Waals surface area contributed by atoms with Gasteiger partial charge in [0.05, 0.1) is 18.5 Å². The minimum absolute atomic E-state index is 0.115. The number of hydrogen-bond acceptors (Lipinski definition) is 3. The molecule has 2 rings (SSSR count). The van der Waals surface area contributed by atoms with Crippen LogP contribution in [0.1, 0.15) is 19.8 Å². The summed E-state index contributed by atoms with van der Waals surface area (Å²) in [6.07, 6.45) is 1.04. The first kappa shape index (κ1) is 9.45. The standard InChI is InChI=1S/C9H13NO4/c1-6(11)10-4-9(14,5-10)8(2-3-8)7(12)13/h14H,2-5H2,1H3,(H,12,13). The molecular formula is C9H13NO4. The zero-order valence-electron chi connectivity index (χ0n) is 7.99. The summed E-state index contributed by atoms with van der Waals surface area (Å²) in [6, 6.07) is 0. The molecule has 0 aromatic heterocycles. The van der Waals surface area contributed by atoms with Crippen molar-refractivity contribution in [1.82, 2.24) is 4.90 Å². The van der Waals surface area contributed by atoms with E-state index in [1.165, 1.54) is 11.8 Å². The molecule has 2 fully saturated rings. The third kappa shape index (κ3) is 0.987. The van der Waals surface area contributed by atoms with E-state index in [1.54, 1.807) is 0 Å². The summed E-state index contributed by atoms with van der Waals surface area (Å²) in [4.78, 5) is 23.3. The van der Waals surface area contributed by atoms with Crippen LogP contribution in [0.15, 0.2) is 0 Å². The summed E-state index contributed by atoms with van der Waals surface area (Å²) in [5, 5.41) is 19.0. The minimum Gasteiger partial charge on any atom is -0.481 e. The van der Waals surface area contributed by atoms with Crippen LogP contribution in [0.5, 0.6) is 0 Å². The smallest absolute Gasteiger partial charge is 0.312 e. The first-order valence-electron chi connectivity index (χ1n) is 4.63. The van der Waals surface area contributed by atoms with Crippen LogP contribution in [-0.4, -0.2) is 45.7 Å². The summed E-state index contributed by atoms with van der Waals surface area (Å²) >= 11 is 0. The topological polar surface area (TPSA) is 77.8 Å². The molecule has 1 aliphatic carbocycles. The number of hydrogen-bond donors (Lipinski definition) is 2. The molecule has 5 heteroatoms. The van der Waals surface area contributed by atoms with Gasteiger partial charge in [0.2, 0.25) is 5.91 Å². The lowest BCUT2D eigenvalue weighted by atomic mass is 9.77. The molecule has 0 aromatic carbocycles. The molecule has 78 valence electrons. The lowest BCUT2D eigenvalue weighted by Gasteiger charge is -2.49. The number of carbonyl (C=O) groups is 2. The van der Waals surface area contributed by atoms with Crippen molar-refractivity contribution in [2.75, 3.05) is 13.1 Å². The van der Waals surface area contributed by atoms with Crippen LogP contribution in [-0.2, 0) is 9.59 Å². The van der Waals surface area contributed by atoms with Gasteiger partial charge in [0, 0.05) is 6.92 Å². The third-order valence-electron chi connectivity index (χ3n) is 3.40. The molecule has 1 amide bonds. The van der Waals surface area contributed by atoms with Crippen LogP contribution in [0.4, 0.5) is 0 Å². The second-order valence-electron chi connectivity index (χ2n) is 4.29. The van der Waals surface area contributed by atoms with Gasteiger partial charge >= 0.3 is 5.97 Å². The number of aliphatic carboxylic acids is 1. The number of amides is 1. The molecule has 1 saturated heterocycles. The number of carbonyl (C=O) groups excluding carboxylic acids is 1. The molecule has 0 unspecified atom stereocenters. The molecular weight excluding hydrogens is 186 g/mol. The van der Waals surface area contributed by atoms with Crippen molar-refractivity contribution in [3.05, 3.63) is 0 Å². The number of likely N-dealkylation sites (tertiary alicyclic amines) is 1. The molecule has 0 radical (unpaired) electrons. The SMILES string of the molecule is CC(=O)N1CC(O)(C2(C(=O)O)CC2)C1. The predicted molar refractivity (Wildman–Crippen MR) is 46.5 cm³/mol. The van der Waals surface area contributed by atoms with Crippen molar-refractivity contribution in [3.8, 4) is 0 Å². The van der Waals surface area contributed by atoms with Gasteiger partial charge in [0.1, 0.15) is 5.60 Å². The number of carboxylic acid groups (broad SMARTS) is 1. The van der Waals surface area contributed by atoms with E-state index in [-0.39, 0.29) is 19.0 Å². The van der Waals surface area contributed by atoms with E-state index in [9.17, 15) is 14.7 Å². The van der Waals surface area contributed by atoms with Gasteiger partial charge in [0.15, 0.2) is 0 Å². The Hall–Kier alpha value is -1.10. The van der Waals surface area contributed by atoms with Crippen LogP contribution in [0.2, 0.25) is 0 Å². The molecule has 14 heavy (non-hydrogen) atoms. The maximum atomic E-state index is 10.9. The maximum Gasteiger partial charge on any atom is 0.312 e. The first-order chi connectivity index (χ1) is 6.41. The lowest BCUT2D eigenvalue weighted by molar-refractivity contribution is -0.184. The summed E-state index contributed by atoms with van der Waals surface area (Å²) < 4.78 is 0. The van der Waals surface area contributed by atoms with Crippen LogP contribution in [0.25, 0.3) is 0 Å². The molecule has 0 atom stereocenters. The van der Waals surface area contributed by atoms with Crippen molar-refractivity contribution in [2.45, 2.75) is 25.4 Å². The average molecular weight is 199 g/mol. The van der Waals surface area contributed by atoms with Gasteiger partial charge in [0.25, 0.3) is 0 Å². The number of carboxylic acids is 1. The Morgan fingerprint density at radius 1 is 1.29 bits per heavy atom. The molecule has 1 saturated carbocycles. The zero-order valence-corrected chi connectivity index (χ0v) is 7.99. The van der Waals surface area contributed by atoms with Gasteiger partial charge in [-0.1, -0.05) is 0 Å². The Bertz CT molecular complexity index is 302. The second-order valence-corrected chi connectivity index (χ2v) is 4.29.